The molecule has 1 saturated heterocycles. The Hall–Kier alpha value is -1.54. The van der Waals surface area contributed by atoms with Crippen LogP contribution in [0.4, 0.5) is 13.2 Å². The molecule has 1 aliphatic heterocycles. The van der Waals surface area contributed by atoms with Crippen LogP contribution in [0.25, 0.3) is 0 Å². The van der Waals surface area contributed by atoms with Gasteiger partial charge in [-0.25, -0.2) is 0 Å². The Morgan fingerprint density at radius 3 is 2.55 bits per heavy atom. The molecule has 1 fully saturated rings. The topological polar surface area (TPSA) is 51.9 Å². The SMILES string of the molecule is C[C@H]1CN(C(=O)c2ccc(COCC(F)(F)F)o2)C[C@H](C)O1. The molecule has 5 nitrogen and oxygen atoms in total. The maximum Gasteiger partial charge on any atom is 0.411 e. The van der Waals surface area contributed by atoms with Crippen molar-refractivity contribution in [3.8, 4) is 0 Å². The van der Waals surface area contributed by atoms with Gasteiger partial charge in [0.25, 0.3) is 5.91 Å². The van der Waals surface area contributed by atoms with E-state index in [0.717, 1.165) is 0 Å². The van der Waals surface area contributed by atoms with Crippen molar-refractivity contribution in [2.24, 2.45) is 0 Å². The highest BCUT2D eigenvalue weighted by Crippen LogP contribution is 2.18. The number of furan rings is 1. The zero-order valence-corrected chi connectivity index (χ0v) is 12.4. The molecule has 1 aliphatic rings. The van der Waals surface area contributed by atoms with Crippen LogP contribution in [0.3, 0.4) is 0 Å². The summed E-state index contributed by atoms with van der Waals surface area (Å²) in [5.74, 6) is -0.0297. The summed E-state index contributed by atoms with van der Waals surface area (Å²) in [6.45, 7) is 2.95. The van der Waals surface area contributed by atoms with E-state index in [9.17, 15) is 18.0 Å². The minimum Gasteiger partial charge on any atom is -0.453 e. The monoisotopic (exact) mass is 321 g/mol. The minimum atomic E-state index is -4.38. The maximum atomic E-state index is 12.3. The molecule has 0 spiro atoms. The molecule has 0 aliphatic carbocycles. The van der Waals surface area contributed by atoms with Gasteiger partial charge in [0.15, 0.2) is 5.76 Å². The van der Waals surface area contributed by atoms with E-state index in [1.807, 2.05) is 13.8 Å². The van der Waals surface area contributed by atoms with Crippen LogP contribution >= 0.6 is 0 Å². The van der Waals surface area contributed by atoms with Gasteiger partial charge in [-0.15, -0.1) is 0 Å². The van der Waals surface area contributed by atoms with Crippen molar-refractivity contribution in [1.82, 2.24) is 4.90 Å². The van der Waals surface area contributed by atoms with E-state index < -0.39 is 12.8 Å². The van der Waals surface area contributed by atoms with E-state index >= 15 is 0 Å². The quantitative estimate of drug-likeness (QED) is 0.855. The zero-order chi connectivity index (χ0) is 16.3. The first-order chi connectivity index (χ1) is 10.2. The standard InChI is InChI=1S/C14H18F3NO4/c1-9-5-18(6-10(2)21-9)13(19)12-4-3-11(22-12)7-20-8-14(15,16)17/h3-4,9-10H,5-8H2,1-2H3/t9-,10-/m0/s1. The number of ether oxygens (including phenoxy) is 2. The van der Waals surface area contributed by atoms with E-state index in [1.54, 1.807) is 4.90 Å². The van der Waals surface area contributed by atoms with Crippen molar-refractivity contribution >= 4 is 5.91 Å². The number of hydrogen-bond donors (Lipinski definition) is 0. The Balaban J connectivity index is 1.91. The molecule has 0 bridgehead atoms. The highest BCUT2D eigenvalue weighted by Gasteiger charge is 2.29. The van der Waals surface area contributed by atoms with Crippen molar-refractivity contribution in [3.05, 3.63) is 23.7 Å². The van der Waals surface area contributed by atoms with Gasteiger partial charge < -0.3 is 18.8 Å². The van der Waals surface area contributed by atoms with Crippen LogP contribution in [0.15, 0.2) is 16.5 Å². The second-order valence-electron chi connectivity index (χ2n) is 5.34. The number of carbonyl (C=O) groups excluding carboxylic acids is 1. The van der Waals surface area contributed by atoms with Gasteiger partial charge in [0.2, 0.25) is 0 Å². The van der Waals surface area contributed by atoms with Gasteiger partial charge in [0.1, 0.15) is 19.0 Å². The Labute approximate surface area is 126 Å². The van der Waals surface area contributed by atoms with E-state index in [2.05, 4.69) is 4.74 Å². The third kappa shape index (κ3) is 4.74. The number of alkyl halides is 3. The molecule has 2 rings (SSSR count). The van der Waals surface area contributed by atoms with Gasteiger partial charge in [0, 0.05) is 13.1 Å². The van der Waals surface area contributed by atoms with E-state index in [-0.39, 0.29) is 36.2 Å². The molecule has 8 heteroatoms. The highest BCUT2D eigenvalue weighted by molar-refractivity contribution is 5.91. The number of halogens is 3. The third-order valence-electron chi connectivity index (χ3n) is 3.09. The van der Waals surface area contributed by atoms with Gasteiger partial charge in [0.05, 0.1) is 12.2 Å². The Morgan fingerprint density at radius 1 is 1.32 bits per heavy atom. The first-order valence-corrected chi connectivity index (χ1v) is 6.92. The number of rotatable bonds is 4. The van der Waals surface area contributed by atoms with Gasteiger partial charge in [-0.3, -0.25) is 4.79 Å². The fourth-order valence-corrected chi connectivity index (χ4v) is 2.34. The second-order valence-corrected chi connectivity index (χ2v) is 5.34. The fourth-order valence-electron chi connectivity index (χ4n) is 2.34. The second kappa shape index (κ2) is 6.70. The average Bonchev–Trinajstić information content (AvgIpc) is 2.84. The summed E-state index contributed by atoms with van der Waals surface area (Å²) < 4.78 is 51.2. The molecule has 2 heterocycles. The van der Waals surface area contributed by atoms with E-state index in [1.165, 1.54) is 12.1 Å². The molecule has 0 unspecified atom stereocenters. The fraction of sp³-hybridized carbons (Fsp3) is 0.643. The van der Waals surface area contributed by atoms with Crippen LogP contribution < -0.4 is 0 Å². The van der Waals surface area contributed by atoms with Crippen LogP contribution in [0.1, 0.15) is 30.2 Å². The lowest BCUT2D eigenvalue weighted by Gasteiger charge is -2.34. The van der Waals surface area contributed by atoms with Crippen LogP contribution in [-0.4, -0.2) is 48.9 Å². The zero-order valence-electron chi connectivity index (χ0n) is 12.4. The largest absolute Gasteiger partial charge is 0.453 e. The van der Waals surface area contributed by atoms with Crippen molar-refractivity contribution in [2.45, 2.75) is 38.8 Å². The predicted molar refractivity (Wildman–Crippen MR) is 70.3 cm³/mol. The molecule has 0 saturated carbocycles. The summed E-state index contributed by atoms with van der Waals surface area (Å²) in [6.07, 6.45) is -4.53. The van der Waals surface area contributed by atoms with Crippen molar-refractivity contribution in [1.29, 1.82) is 0 Å². The smallest absolute Gasteiger partial charge is 0.411 e. The number of nitrogens with zero attached hydrogens (tertiary/aromatic N) is 1. The summed E-state index contributed by atoms with van der Waals surface area (Å²) in [7, 11) is 0. The maximum absolute atomic E-state index is 12.3. The molecule has 0 radical (unpaired) electrons. The van der Waals surface area contributed by atoms with E-state index in [0.29, 0.717) is 13.1 Å². The van der Waals surface area contributed by atoms with Gasteiger partial charge in [-0.05, 0) is 26.0 Å². The van der Waals surface area contributed by atoms with E-state index in [4.69, 9.17) is 9.15 Å². The molecule has 1 aromatic heterocycles. The molecular formula is C14H18F3NO4. The Bertz CT molecular complexity index is 504. The highest BCUT2D eigenvalue weighted by atomic mass is 19.4. The van der Waals surface area contributed by atoms with Crippen LogP contribution in [0.5, 0.6) is 0 Å². The van der Waals surface area contributed by atoms with Crippen molar-refractivity contribution in [2.75, 3.05) is 19.7 Å². The van der Waals surface area contributed by atoms with Crippen LogP contribution in [0.2, 0.25) is 0 Å². The molecule has 22 heavy (non-hydrogen) atoms. The predicted octanol–water partition coefficient (Wildman–Crippen LogP) is 2.61. The van der Waals surface area contributed by atoms with Gasteiger partial charge in [-0.1, -0.05) is 0 Å². The average molecular weight is 321 g/mol. The lowest BCUT2D eigenvalue weighted by molar-refractivity contribution is -0.177. The Morgan fingerprint density at radius 2 is 1.95 bits per heavy atom. The lowest BCUT2D eigenvalue weighted by atomic mass is 10.2. The Kier molecular flexibility index (Phi) is 5.12. The summed E-state index contributed by atoms with van der Waals surface area (Å²) in [6, 6.07) is 2.89. The molecule has 0 N–H and O–H groups in total. The summed E-state index contributed by atoms with van der Waals surface area (Å²) in [4.78, 5) is 13.9. The summed E-state index contributed by atoms with van der Waals surface area (Å²) in [5, 5.41) is 0. The van der Waals surface area contributed by atoms with Crippen molar-refractivity contribution < 1.29 is 31.9 Å². The van der Waals surface area contributed by atoms with Gasteiger partial charge >= 0.3 is 6.18 Å². The molecular weight excluding hydrogens is 303 g/mol. The van der Waals surface area contributed by atoms with Crippen LogP contribution in [0, 0.1) is 0 Å². The number of morpholine rings is 1. The van der Waals surface area contributed by atoms with Crippen LogP contribution in [-0.2, 0) is 16.1 Å². The molecule has 1 aromatic rings. The number of amides is 1. The normalized spacial score (nSPS) is 22.9. The third-order valence-corrected chi connectivity index (χ3v) is 3.09. The lowest BCUT2D eigenvalue weighted by Crippen LogP contribution is -2.48. The molecule has 1 amide bonds. The summed E-state index contributed by atoms with van der Waals surface area (Å²) >= 11 is 0. The first-order valence-electron chi connectivity index (χ1n) is 6.92. The molecule has 124 valence electrons. The first kappa shape index (κ1) is 16.8. The van der Waals surface area contributed by atoms with Crippen molar-refractivity contribution in [3.63, 3.8) is 0 Å². The molecule has 2 atom stereocenters. The summed E-state index contributed by atoms with van der Waals surface area (Å²) in [5.41, 5.74) is 0. The number of carbonyl (C=O) groups is 1. The minimum absolute atomic E-state index is 0.0720. The molecule has 0 aromatic carbocycles. The number of hydrogen-bond acceptors (Lipinski definition) is 4. The van der Waals surface area contributed by atoms with Gasteiger partial charge in [-0.2, -0.15) is 13.2 Å².